The summed E-state index contributed by atoms with van der Waals surface area (Å²) in [5.41, 5.74) is -0.379. The van der Waals surface area contributed by atoms with Gasteiger partial charge in [0.2, 0.25) is 0 Å². The zero-order chi connectivity index (χ0) is 24.6. The van der Waals surface area contributed by atoms with Crippen LogP contribution >= 0.6 is 11.6 Å². The Kier molecular flexibility index (Phi) is 6.04. The molecule has 3 heterocycles. The zero-order valence-corrected chi connectivity index (χ0v) is 19.8. The molecule has 0 radical (unpaired) electrons. The molecule has 2 aromatic heterocycles. The van der Waals surface area contributed by atoms with E-state index in [2.05, 4.69) is 15.2 Å². The summed E-state index contributed by atoms with van der Waals surface area (Å²) in [5, 5.41) is 18.8. The average molecular weight is 494 g/mol. The van der Waals surface area contributed by atoms with Gasteiger partial charge in [0.25, 0.3) is 11.5 Å². The van der Waals surface area contributed by atoms with Gasteiger partial charge in [0.1, 0.15) is 22.7 Å². The van der Waals surface area contributed by atoms with Crippen molar-refractivity contribution >= 4 is 28.5 Å². The third-order valence-corrected chi connectivity index (χ3v) is 6.60. The average Bonchev–Trinajstić information content (AvgIpc) is 3.32. The number of nitrogens with one attached hydrogen (secondary N) is 1. The number of H-pyrrole nitrogens is 1. The Morgan fingerprint density at radius 2 is 1.74 bits per heavy atom. The number of likely N-dealkylation sites (tertiary alicyclic amines) is 1. The second-order valence-corrected chi connectivity index (χ2v) is 9.22. The summed E-state index contributed by atoms with van der Waals surface area (Å²) in [6.07, 6.45) is 2.15. The Labute approximate surface area is 205 Å². The van der Waals surface area contributed by atoms with E-state index >= 15 is 0 Å². The quantitative estimate of drug-likeness (QED) is 0.439. The van der Waals surface area contributed by atoms with E-state index in [0.29, 0.717) is 64.9 Å². The largest absolute Gasteiger partial charge is 0.457 e. The Hall–Kier alpha value is -3.69. The van der Waals surface area contributed by atoms with Crippen molar-refractivity contribution in [3.63, 3.8) is 0 Å². The third-order valence-electron chi connectivity index (χ3n) is 6.34. The summed E-state index contributed by atoms with van der Waals surface area (Å²) in [7, 11) is 0. The van der Waals surface area contributed by atoms with Crippen molar-refractivity contribution in [2.75, 3.05) is 13.1 Å². The van der Waals surface area contributed by atoms with E-state index < -0.39 is 5.60 Å². The molecule has 10 heteroatoms. The number of hydrogen-bond donors (Lipinski definition) is 2. The van der Waals surface area contributed by atoms with E-state index in [0.717, 1.165) is 0 Å². The number of aliphatic hydroxyl groups is 1. The van der Waals surface area contributed by atoms with Crippen LogP contribution in [0.2, 0.25) is 5.02 Å². The van der Waals surface area contributed by atoms with Crippen molar-refractivity contribution in [3.8, 4) is 11.5 Å². The van der Waals surface area contributed by atoms with Crippen LogP contribution in [0.3, 0.4) is 0 Å². The van der Waals surface area contributed by atoms with Crippen LogP contribution in [-0.4, -0.2) is 54.4 Å². The number of aromatic amines is 1. The monoisotopic (exact) mass is 493 g/mol. The molecule has 4 aromatic rings. The number of nitrogens with zero attached hydrogens (tertiary/aromatic N) is 4. The molecule has 0 unspecified atom stereocenters. The third kappa shape index (κ3) is 4.78. The van der Waals surface area contributed by atoms with Gasteiger partial charge in [-0.1, -0.05) is 11.6 Å². The molecule has 0 atom stereocenters. The van der Waals surface area contributed by atoms with E-state index in [1.165, 1.54) is 10.8 Å². The first-order valence-corrected chi connectivity index (χ1v) is 11.6. The Morgan fingerprint density at radius 3 is 2.40 bits per heavy atom. The van der Waals surface area contributed by atoms with Crippen molar-refractivity contribution in [3.05, 3.63) is 81.5 Å². The predicted molar refractivity (Wildman–Crippen MR) is 131 cm³/mol. The molecule has 0 spiro atoms. The van der Waals surface area contributed by atoms with Gasteiger partial charge in [-0.25, -0.2) is 4.98 Å². The van der Waals surface area contributed by atoms with Crippen molar-refractivity contribution in [2.24, 2.45) is 0 Å². The summed E-state index contributed by atoms with van der Waals surface area (Å²) in [4.78, 5) is 31.9. The van der Waals surface area contributed by atoms with Gasteiger partial charge < -0.3 is 14.7 Å². The first-order chi connectivity index (χ1) is 16.8. The van der Waals surface area contributed by atoms with Crippen LogP contribution in [0.1, 0.15) is 29.0 Å². The lowest BCUT2D eigenvalue weighted by Gasteiger charge is -2.38. The Morgan fingerprint density at radius 1 is 1.11 bits per heavy atom. The van der Waals surface area contributed by atoms with Crippen molar-refractivity contribution in [1.29, 1.82) is 0 Å². The van der Waals surface area contributed by atoms with Crippen LogP contribution in [0.5, 0.6) is 11.5 Å². The highest BCUT2D eigenvalue weighted by atomic mass is 35.5. The molecular weight excluding hydrogens is 470 g/mol. The molecule has 1 aliphatic rings. The highest BCUT2D eigenvalue weighted by molar-refractivity contribution is 6.30. The lowest BCUT2D eigenvalue weighted by atomic mass is 9.90. The number of hydrogen-bond acceptors (Lipinski definition) is 6. The number of aryl methyl sites for hydroxylation is 1. The number of piperidine rings is 1. The Balaban J connectivity index is 1.22. The number of benzene rings is 2. The molecule has 1 amide bonds. The van der Waals surface area contributed by atoms with Crippen LogP contribution in [-0.2, 0) is 6.54 Å². The first-order valence-electron chi connectivity index (χ1n) is 11.3. The standard InChI is InChI=1S/C25H24ClN5O4/c1-16-28-22-21(14-27-29-22)24(33)31(16)15-25(34)10-12-30(13-11-25)23(32)17-2-6-19(7-3-17)35-20-8-4-18(26)5-9-20/h2-9,14,34H,10-13,15H2,1H3,(H,27,29). The van der Waals surface area contributed by atoms with E-state index in [9.17, 15) is 14.7 Å². The van der Waals surface area contributed by atoms with Gasteiger partial charge in [0.05, 0.1) is 18.3 Å². The highest BCUT2D eigenvalue weighted by Gasteiger charge is 2.35. The predicted octanol–water partition coefficient (Wildman–Crippen LogP) is 3.54. The molecule has 5 rings (SSSR count). The van der Waals surface area contributed by atoms with Crippen LogP contribution in [0.4, 0.5) is 0 Å². The molecule has 35 heavy (non-hydrogen) atoms. The van der Waals surface area contributed by atoms with Crippen molar-refractivity contribution < 1.29 is 14.6 Å². The van der Waals surface area contributed by atoms with Crippen LogP contribution < -0.4 is 10.3 Å². The van der Waals surface area contributed by atoms with E-state index in [1.807, 2.05) is 0 Å². The van der Waals surface area contributed by atoms with Gasteiger partial charge in [-0.15, -0.1) is 0 Å². The van der Waals surface area contributed by atoms with E-state index in [4.69, 9.17) is 16.3 Å². The fourth-order valence-corrected chi connectivity index (χ4v) is 4.41. The minimum Gasteiger partial charge on any atom is -0.457 e. The lowest BCUT2D eigenvalue weighted by Crippen LogP contribution is -2.50. The van der Waals surface area contributed by atoms with Crippen LogP contribution in [0.25, 0.3) is 11.0 Å². The molecule has 1 fully saturated rings. The maximum atomic E-state index is 13.0. The summed E-state index contributed by atoms with van der Waals surface area (Å²) in [6.45, 7) is 2.61. The zero-order valence-electron chi connectivity index (χ0n) is 19.1. The maximum absolute atomic E-state index is 13.0. The van der Waals surface area contributed by atoms with Gasteiger partial charge in [-0.3, -0.25) is 19.3 Å². The molecule has 1 saturated heterocycles. The van der Waals surface area contributed by atoms with E-state index in [-0.39, 0.29) is 18.0 Å². The minimum absolute atomic E-state index is 0.111. The first kappa shape index (κ1) is 23.1. The normalized spacial score (nSPS) is 15.3. The fraction of sp³-hybridized carbons (Fsp3) is 0.280. The smallest absolute Gasteiger partial charge is 0.264 e. The summed E-state index contributed by atoms with van der Waals surface area (Å²) in [6, 6.07) is 14.0. The number of halogens is 1. The molecule has 2 N–H and O–H groups in total. The number of carbonyl (C=O) groups excluding carboxylic acids is 1. The SMILES string of the molecule is Cc1nc2[nH]ncc2c(=O)n1CC1(O)CCN(C(=O)c2ccc(Oc3ccc(Cl)cc3)cc2)CC1. The number of rotatable bonds is 5. The molecule has 2 aromatic carbocycles. The number of fused-ring (bicyclic) bond motifs is 1. The lowest BCUT2D eigenvalue weighted by molar-refractivity contribution is -0.0303. The molecule has 0 aliphatic carbocycles. The topological polar surface area (TPSA) is 113 Å². The Bertz CT molecular complexity index is 1420. The summed E-state index contributed by atoms with van der Waals surface area (Å²) < 4.78 is 7.26. The van der Waals surface area contributed by atoms with Crippen molar-refractivity contribution in [1.82, 2.24) is 24.6 Å². The number of aromatic nitrogens is 4. The van der Waals surface area contributed by atoms with E-state index in [1.54, 1.807) is 60.4 Å². The van der Waals surface area contributed by atoms with Gasteiger partial charge in [0, 0.05) is 23.7 Å². The highest BCUT2D eigenvalue weighted by Crippen LogP contribution is 2.27. The second-order valence-electron chi connectivity index (χ2n) is 8.78. The van der Waals surface area contributed by atoms with Gasteiger partial charge in [-0.05, 0) is 68.3 Å². The van der Waals surface area contributed by atoms with Gasteiger partial charge in [0.15, 0.2) is 5.65 Å². The summed E-state index contributed by atoms with van der Waals surface area (Å²) in [5.74, 6) is 1.65. The molecule has 0 bridgehead atoms. The van der Waals surface area contributed by atoms with Gasteiger partial charge in [-0.2, -0.15) is 5.10 Å². The van der Waals surface area contributed by atoms with Crippen molar-refractivity contribution in [2.45, 2.75) is 31.9 Å². The molecule has 1 aliphatic heterocycles. The molecule has 180 valence electrons. The molecule has 0 saturated carbocycles. The number of amides is 1. The minimum atomic E-state index is -1.11. The second kappa shape index (κ2) is 9.16. The van der Waals surface area contributed by atoms with Crippen LogP contribution in [0.15, 0.2) is 59.5 Å². The number of ether oxygens (including phenoxy) is 1. The van der Waals surface area contributed by atoms with Crippen LogP contribution in [0, 0.1) is 6.92 Å². The molecule has 9 nitrogen and oxygen atoms in total. The molecular formula is C25H24ClN5O4. The summed E-state index contributed by atoms with van der Waals surface area (Å²) >= 11 is 5.90. The fourth-order valence-electron chi connectivity index (χ4n) is 4.29. The van der Waals surface area contributed by atoms with Gasteiger partial charge >= 0.3 is 0 Å². The maximum Gasteiger partial charge on any atom is 0.264 e. The number of carbonyl (C=O) groups is 1.